The summed E-state index contributed by atoms with van der Waals surface area (Å²) in [6, 6.07) is 21.6. The fraction of sp³-hybridized carbons (Fsp3) is 0.130. The van der Waals surface area contributed by atoms with Crippen LogP contribution in [0.4, 0.5) is 5.69 Å². The first-order valence-electron chi connectivity index (χ1n) is 9.52. The number of ether oxygens (including phenoxy) is 2. The number of nitrogens with two attached hydrogens (primary N) is 1. The van der Waals surface area contributed by atoms with E-state index in [1.165, 1.54) is 0 Å². The third kappa shape index (κ3) is 5.26. The smallest absolute Gasteiger partial charge is 0.247 e. The minimum atomic E-state index is -0.647. The van der Waals surface area contributed by atoms with E-state index >= 15 is 0 Å². The van der Waals surface area contributed by atoms with Gasteiger partial charge in [-0.2, -0.15) is 0 Å². The molecule has 0 saturated heterocycles. The number of carbonyl (C=O) groups excluding carboxylic acids is 1. The molecule has 1 amide bonds. The zero-order valence-corrected chi connectivity index (χ0v) is 17.4. The summed E-state index contributed by atoms with van der Waals surface area (Å²) in [5.74, 6) is 1.10. The Kier molecular flexibility index (Phi) is 6.99. The van der Waals surface area contributed by atoms with Crippen LogP contribution in [-0.4, -0.2) is 18.5 Å². The Hall–Kier alpha value is -3.71. The van der Waals surface area contributed by atoms with E-state index in [1.807, 2.05) is 42.5 Å². The highest BCUT2D eigenvalue weighted by molar-refractivity contribution is 5.95. The number of carbonyl (C=O) groups is 1. The Balaban J connectivity index is 0.00000272. The molecular weight excluding hydrogens is 416 g/mol. The fourth-order valence-corrected chi connectivity index (χ4v) is 3.19. The minimum Gasteiger partial charge on any atom is -0.454 e. The third-order valence-corrected chi connectivity index (χ3v) is 4.81. The van der Waals surface area contributed by atoms with Gasteiger partial charge in [0, 0.05) is 17.8 Å². The Morgan fingerprint density at radius 1 is 1.00 bits per heavy atom. The highest BCUT2D eigenvalue weighted by Gasteiger charge is 2.23. The number of amidine groups is 1. The molecule has 1 aliphatic rings. The van der Waals surface area contributed by atoms with Crippen molar-refractivity contribution in [3.63, 3.8) is 0 Å². The quantitative estimate of drug-likeness (QED) is 0.333. The number of hydrogen-bond acceptors (Lipinski definition) is 5. The van der Waals surface area contributed by atoms with Gasteiger partial charge in [-0.1, -0.05) is 36.4 Å². The van der Waals surface area contributed by atoms with Gasteiger partial charge in [-0.25, -0.2) is 0 Å². The zero-order chi connectivity index (χ0) is 20.9. The van der Waals surface area contributed by atoms with Crippen molar-refractivity contribution in [2.75, 3.05) is 12.1 Å². The predicted molar refractivity (Wildman–Crippen MR) is 122 cm³/mol. The van der Waals surface area contributed by atoms with Crippen LogP contribution in [-0.2, 0) is 11.3 Å². The van der Waals surface area contributed by atoms with Crippen LogP contribution in [0.1, 0.15) is 22.7 Å². The summed E-state index contributed by atoms with van der Waals surface area (Å²) in [6.45, 7) is 0.593. The molecule has 3 aromatic rings. The first-order valence-corrected chi connectivity index (χ1v) is 9.52. The van der Waals surface area contributed by atoms with Gasteiger partial charge in [0.1, 0.15) is 11.9 Å². The third-order valence-electron chi connectivity index (χ3n) is 4.81. The van der Waals surface area contributed by atoms with Crippen LogP contribution in [0, 0.1) is 5.41 Å². The molecule has 31 heavy (non-hydrogen) atoms. The number of hydrogen-bond donors (Lipinski definition) is 4. The molecule has 3 aromatic carbocycles. The lowest BCUT2D eigenvalue weighted by atomic mass is 10.0. The number of amides is 1. The van der Waals surface area contributed by atoms with Gasteiger partial charge >= 0.3 is 0 Å². The molecule has 0 spiro atoms. The summed E-state index contributed by atoms with van der Waals surface area (Å²) in [4.78, 5) is 13.1. The van der Waals surface area contributed by atoms with Gasteiger partial charge in [0.25, 0.3) is 0 Å². The van der Waals surface area contributed by atoms with Crippen molar-refractivity contribution in [3.8, 4) is 11.5 Å². The molecule has 0 aromatic heterocycles. The number of fused-ring (bicyclic) bond motifs is 1. The highest BCUT2D eigenvalue weighted by atomic mass is 35.5. The lowest BCUT2D eigenvalue weighted by molar-refractivity contribution is -0.122. The van der Waals surface area contributed by atoms with Gasteiger partial charge in [-0.3, -0.25) is 10.2 Å². The molecular formula is C23H23ClN4O3. The van der Waals surface area contributed by atoms with Crippen LogP contribution in [0.2, 0.25) is 0 Å². The van der Waals surface area contributed by atoms with Crippen LogP contribution < -0.4 is 25.8 Å². The fourth-order valence-electron chi connectivity index (χ4n) is 3.19. The maximum absolute atomic E-state index is 13.1. The van der Waals surface area contributed by atoms with Crippen molar-refractivity contribution in [1.82, 2.24) is 5.32 Å². The first kappa shape index (κ1) is 22.0. The van der Waals surface area contributed by atoms with Crippen LogP contribution >= 0.6 is 12.4 Å². The number of rotatable bonds is 7. The van der Waals surface area contributed by atoms with Gasteiger partial charge < -0.3 is 25.8 Å². The van der Waals surface area contributed by atoms with Gasteiger partial charge in [0.05, 0.1) is 0 Å². The Morgan fingerprint density at radius 3 is 2.42 bits per heavy atom. The molecule has 0 fully saturated rings. The summed E-state index contributed by atoms with van der Waals surface area (Å²) in [5, 5.41) is 13.8. The molecule has 160 valence electrons. The van der Waals surface area contributed by atoms with Gasteiger partial charge in [0.2, 0.25) is 12.7 Å². The SMILES string of the molecule is Cl.N=C(N)c1ccc(N[C@@H](C(=O)NCc2ccccc2)c2ccc3c(c2)OCO3)cc1. The monoisotopic (exact) mass is 438 g/mol. The van der Waals surface area contributed by atoms with Crippen LogP contribution in [0.5, 0.6) is 11.5 Å². The van der Waals surface area contributed by atoms with Crippen molar-refractivity contribution < 1.29 is 14.3 Å². The predicted octanol–water partition coefficient (Wildman–Crippen LogP) is 3.59. The van der Waals surface area contributed by atoms with Crippen molar-refractivity contribution in [2.24, 2.45) is 5.73 Å². The second kappa shape index (κ2) is 9.86. The zero-order valence-electron chi connectivity index (χ0n) is 16.6. The number of anilines is 1. The number of nitrogens with one attached hydrogen (secondary N) is 3. The molecule has 5 N–H and O–H groups in total. The van der Waals surface area contributed by atoms with E-state index in [2.05, 4.69) is 10.6 Å². The van der Waals surface area contributed by atoms with E-state index in [1.54, 1.807) is 30.3 Å². The summed E-state index contributed by atoms with van der Waals surface area (Å²) < 4.78 is 10.8. The van der Waals surface area contributed by atoms with Crippen LogP contribution in [0.15, 0.2) is 72.8 Å². The van der Waals surface area contributed by atoms with Crippen molar-refractivity contribution in [2.45, 2.75) is 12.6 Å². The minimum absolute atomic E-state index is 0. The van der Waals surface area contributed by atoms with E-state index in [4.69, 9.17) is 20.6 Å². The number of halogens is 1. The van der Waals surface area contributed by atoms with Crippen LogP contribution in [0.3, 0.4) is 0 Å². The highest BCUT2D eigenvalue weighted by Crippen LogP contribution is 2.35. The lowest BCUT2D eigenvalue weighted by Gasteiger charge is -2.20. The molecule has 1 heterocycles. The molecule has 1 atom stereocenters. The summed E-state index contributed by atoms with van der Waals surface area (Å²) >= 11 is 0. The maximum atomic E-state index is 13.1. The summed E-state index contributed by atoms with van der Waals surface area (Å²) in [5.41, 5.74) is 8.64. The van der Waals surface area contributed by atoms with E-state index in [0.29, 0.717) is 23.6 Å². The average Bonchev–Trinajstić information content (AvgIpc) is 3.25. The molecule has 1 aliphatic heterocycles. The Bertz CT molecular complexity index is 1060. The largest absolute Gasteiger partial charge is 0.454 e. The molecule has 0 radical (unpaired) electrons. The average molecular weight is 439 g/mol. The summed E-state index contributed by atoms with van der Waals surface area (Å²) in [6.07, 6.45) is 0. The van der Waals surface area contributed by atoms with E-state index in [9.17, 15) is 4.79 Å². The standard InChI is InChI=1S/C23H22N4O3.ClH/c24-22(25)16-6-9-18(10-7-16)27-21(17-8-11-19-20(12-17)30-14-29-19)23(28)26-13-15-4-2-1-3-5-15;/h1-12,21,27H,13-14H2,(H3,24,25)(H,26,28);1H/t21-;/m1./s1. The molecule has 8 heteroatoms. The summed E-state index contributed by atoms with van der Waals surface area (Å²) in [7, 11) is 0. The molecule has 7 nitrogen and oxygen atoms in total. The van der Waals surface area contributed by atoms with E-state index < -0.39 is 6.04 Å². The Labute approximate surface area is 186 Å². The van der Waals surface area contributed by atoms with Crippen molar-refractivity contribution in [3.05, 3.63) is 89.5 Å². The maximum Gasteiger partial charge on any atom is 0.247 e. The molecule has 4 rings (SSSR count). The number of benzene rings is 3. The van der Waals surface area contributed by atoms with Crippen molar-refractivity contribution >= 4 is 29.8 Å². The van der Waals surface area contributed by atoms with Gasteiger partial charge in [-0.05, 0) is 47.5 Å². The molecule has 0 unspecified atom stereocenters. The van der Waals surface area contributed by atoms with Crippen molar-refractivity contribution in [1.29, 1.82) is 5.41 Å². The first-order chi connectivity index (χ1) is 14.6. The van der Waals surface area contributed by atoms with E-state index in [0.717, 1.165) is 16.8 Å². The second-order valence-corrected chi connectivity index (χ2v) is 6.88. The van der Waals surface area contributed by atoms with E-state index in [-0.39, 0.29) is 30.9 Å². The van der Waals surface area contributed by atoms with Crippen LogP contribution in [0.25, 0.3) is 0 Å². The normalized spacial score (nSPS) is 12.4. The van der Waals surface area contributed by atoms with Gasteiger partial charge in [-0.15, -0.1) is 12.4 Å². The molecule has 0 aliphatic carbocycles. The Morgan fingerprint density at radius 2 is 1.71 bits per heavy atom. The van der Waals surface area contributed by atoms with Gasteiger partial charge in [0.15, 0.2) is 11.5 Å². The number of nitrogen functional groups attached to an aromatic ring is 1. The molecule has 0 bridgehead atoms. The molecule has 0 saturated carbocycles. The lowest BCUT2D eigenvalue weighted by Crippen LogP contribution is -2.33. The second-order valence-electron chi connectivity index (χ2n) is 6.88. The topological polar surface area (TPSA) is 109 Å².